The molecule has 1 N–H and O–H groups in total. The van der Waals surface area contributed by atoms with E-state index < -0.39 is 28.3 Å². The van der Waals surface area contributed by atoms with Crippen LogP contribution in [0.1, 0.15) is 55.9 Å². The molecule has 0 amide bonds. The Balaban J connectivity index is 3.02. The predicted molar refractivity (Wildman–Crippen MR) is 75.7 cm³/mol. The smallest absolute Gasteiger partial charge is 0.435 e. The van der Waals surface area contributed by atoms with Gasteiger partial charge in [0.15, 0.2) is 10.8 Å². The molecule has 0 fully saturated rings. The Kier molecular flexibility index (Phi) is 5.61. The van der Waals surface area contributed by atoms with Crippen molar-refractivity contribution in [3.63, 3.8) is 0 Å². The van der Waals surface area contributed by atoms with Crippen LogP contribution >= 0.6 is 11.3 Å². The van der Waals surface area contributed by atoms with E-state index in [0.717, 1.165) is 12.8 Å². The van der Waals surface area contributed by atoms with Gasteiger partial charge in [0, 0.05) is 6.54 Å². The average molecular weight is 324 g/mol. The van der Waals surface area contributed by atoms with Crippen molar-refractivity contribution >= 4 is 22.4 Å². The van der Waals surface area contributed by atoms with Gasteiger partial charge in [-0.1, -0.05) is 24.7 Å². The second-order valence-electron chi connectivity index (χ2n) is 5.48. The zero-order valence-corrected chi connectivity index (χ0v) is 13.2. The number of alkyl halides is 3. The molecule has 1 rings (SSSR count). The maximum atomic E-state index is 13.0. The molecule has 1 aromatic rings. The van der Waals surface area contributed by atoms with Gasteiger partial charge in [-0.2, -0.15) is 13.2 Å². The molecule has 0 saturated heterocycles. The standard InChI is InChI=1S/C13H19F3N2O2S/c1-5-6-7-17-11-18-9(13(14,15)16)8(21-11)10(19)20-12(2,3)4/h5-7H2,1-4H3,(H,17,18). The number of unbranched alkanes of at least 4 members (excludes halogenated alkanes) is 1. The van der Waals surface area contributed by atoms with Gasteiger partial charge in [-0.3, -0.25) is 0 Å². The van der Waals surface area contributed by atoms with Crippen molar-refractivity contribution < 1.29 is 22.7 Å². The van der Waals surface area contributed by atoms with Crippen LogP contribution in [0.2, 0.25) is 0 Å². The molecular weight excluding hydrogens is 305 g/mol. The lowest BCUT2D eigenvalue weighted by Gasteiger charge is -2.19. The van der Waals surface area contributed by atoms with E-state index in [1.807, 2.05) is 6.92 Å². The molecule has 0 spiro atoms. The summed E-state index contributed by atoms with van der Waals surface area (Å²) in [6, 6.07) is 0. The minimum atomic E-state index is -4.69. The zero-order valence-electron chi connectivity index (χ0n) is 12.4. The van der Waals surface area contributed by atoms with Gasteiger partial charge in [0.2, 0.25) is 0 Å². The van der Waals surface area contributed by atoms with Gasteiger partial charge in [-0.05, 0) is 27.2 Å². The zero-order chi connectivity index (χ0) is 16.3. The van der Waals surface area contributed by atoms with Crippen LogP contribution in [-0.2, 0) is 10.9 Å². The van der Waals surface area contributed by atoms with Crippen molar-refractivity contribution in [3.05, 3.63) is 10.6 Å². The van der Waals surface area contributed by atoms with Gasteiger partial charge in [0.05, 0.1) is 0 Å². The highest BCUT2D eigenvalue weighted by Gasteiger charge is 2.40. The van der Waals surface area contributed by atoms with Crippen molar-refractivity contribution in [2.24, 2.45) is 0 Å². The third-order valence-corrected chi connectivity index (χ3v) is 3.28. The van der Waals surface area contributed by atoms with Crippen molar-refractivity contribution in [3.8, 4) is 0 Å². The molecule has 120 valence electrons. The molecule has 0 aliphatic carbocycles. The molecule has 0 unspecified atom stereocenters. The van der Waals surface area contributed by atoms with Crippen LogP contribution in [0, 0.1) is 0 Å². The highest BCUT2D eigenvalue weighted by atomic mass is 32.1. The number of ether oxygens (including phenoxy) is 1. The SMILES string of the molecule is CCCCNc1nc(C(F)(F)F)c(C(=O)OC(C)(C)C)s1. The van der Waals surface area contributed by atoms with Crippen molar-refractivity contribution in [2.45, 2.75) is 52.3 Å². The number of hydrogen-bond donors (Lipinski definition) is 1. The number of carbonyl (C=O) groups excluding carboxylic acids is 1. The molecule has 8 heteroatoms. The molecule has 1 heterocycles. The number of hydrogen-bond acceptors (Lipinski definition) is 5. The van der Waals surface area contributed by atoms with Crippen molar-refractivity contribution in [1.29, 1.82) is 0 Å². The maximum absolute atomic E-state index is 13.0. The molecule has 0 aliphatic heterocycles. The normalized spacial score (nSPS) is 12.3. The van der Waals surface area contributed by atoms with Crippen molar-refractivity contribution in [1.82, 2.24) is 4.98 Å². The molecule has 4 nitrogen and oxygen atoms in total. The molecule has 0 aromatic carbocycles. The van der Waals surface area contributed by atoms with E-state index in [1.165, 1.54) is 0 Å². The fourth-order valence-electron chi connectivity index (χ4n) is 1.42. The molecule has 0 aliphatic rings. The fraction of sp³-hybridized carbons (Fsp3) is 0.692. The Bertz CT molecular complexity index is 493. The summed E-state index contributed by atoms with van der Waals surface area (Å²) in [5, 5.41) is 2.88. The molecular formula is C13H19F3N2O2S. The minimum absolute atomic E-state index is 0.0802. The topological polar surface area (TPSA) is 51.2 Å². The van der Waals surface area contributed by atoms with Gasteiger partial charge in [0.25, 0.3) is 0 Å². The molecule has 21 heavy (non-hydrogen) atoms. The van der Waals surface area contributed by atoms with Gasteiger partial charge in [-0.25, -0.2) is 9.78 Å². The van der Waals surface area contributed by atoms with Gasteiger partial charge in [-0.15, -0.1) is 0 Å². The van der Waals surface area contributed by atoms with Crippen LogP contribution < -0.4 is 5.32 Å². The summed E-state index contributed by atoms with van der Waals surface area (Å²) in [7, 11) is 0. The highest BCUT2D eigenvalue weighted by Crippen LogP contribution is 2.37. The van der Waals surface area contributed by atoms with E-state index in [9.17, 15) is 18.0 Å². The monoisotopic (exact) mass is 324 g/mol. The molecule has 0 bridgehead atoms. The van der Waals surface area contributed by atoms with Crippen LogP contribution in [-0.4, -0.2) is 23.1 Å². The first-order valence-electron chi connectivity index (χ1n) is 6.60. The summed E-state index contributed by atoms with van der Waals surface area (Å²) < 4.78 is 43.9. The largest absolute Gasteiger partial charge is 0.456 e. The number of esters is 1. The fourth-order valence-corrected chi connectivity index (χ4v) is 2.31. The summed E-state index contributed by atoms with van der Waals surface area (Å²) in [5.74, 6) is -1.00. The van der Waals surface area contributed by atoms with Gasteiger partial charge >= 0.3 is 12.1 Å². The second kappa shape index (κ2) is 6.64. The van der Waals surface area contributed by atoms with E-state index in [0.29, 0.717) is 17.9 Å². The number of nitrogens with zero attached hydrogens (tertiary/aromatic N) is 1. The molecule has 0 radical (unpaired) electrons. The highest BCUT2D eigenvalue weighted by molar-refractivity contribution is 7.17. The summed E-state index contributed by atoms with van der Waals surface area (Å²) in [5.41, 5.74) is -2.06. The van der Waals surface area contributed by atoms with Crippen molar-refractivity contribution in [2.75, 3.05) is 11.9 Å². The number of anilines is 1. The lowest BCUT2D eigenvalue weighted by molar-refractivity contribution is -0.141. The molecule has 1 aromatic heterocycles. The number of nitrogens with one attached hydrogen (secondary N) is 1. The summed E-state index contributed by atoms with van der Waals surface area (Å²) in [4.78, 5) is 14.9. The van der Waals surface area contributed by atoms with E-state index >= 15 is 0 Å². The lowest BCUT2D eigenvalue weighted by atomic mass is 10.2. The summed E-state index contributed by atoms with van der Waals surface area (Å²) >= 11 is 0.669. The number of carbonyl (C=O) groups is 1. The number of halogens is 3. The van der Waals surface area contributed by atoms with Crippen LogP contribution in [0.15, 0.2) is 0 Å². The van der Waals surface area contributed by atoms with E-state index in [-0.39, 0.29) is 5.13 Å². The van der Waals surface area contributed by atoms with Crippen LogP contribution in [0.4, 0.5) is 18.3 Å². The van der Waals surface area contributed by atoms with E-state index in [4.69, 9.17) is 4.74 Å². The Morgan fingerprint density at radius 3 is 2.43 bits per heavy atom. The number of aromatic nitrogens is 1. The quantitative estimate of drug-likeness (QED) is 0.647. The Hall–Kier alpha value is -1.31. The number of rotatable bonds is 5. The first-order chi connectivity index (χ1) is 9.54. The maximum Gasteiger partial charge on any atom is 0.435 e. The second-order valence-corrected chi connectivity index (χ2v) is 6.48. The van der Waals surface area contributed by atoms with E-state index in [1.54, 1.807) is 20.8 Å². The Labute approximate surface area is 125 Å². The van der Waals surface area contributed by atoms with Gasteiger partial charge < -0.3 is 10.1 Å². The minimum Gasteiger partial charge on any atom is -0.456 e. The summed E-state index contributed by atoms with van der Waals surface area (Å²) in [6.07, 6.45) is -2.97. The average Bonchev–Trinajstić information content (AvgIpc) is 2.71. The van der Waals surface area contributed by atoms with Gasteiger partial charge in [0.1, 0.15) is 10.5 Å². The van der Waals surface area contributed by atoms with Crippen LogP contribution in [0.25, 0.3) is 0 Å². The first-order valence-corrected chi connectivity index (χ1v) is 7.41. The third-order valence-electron chi connectivity index (χ3n) is 2.29. The van der Waals surface area contributed by atoms with Crippen LogP contribution in [0.3, 0.4) is 0 Å². The third kappa shape index (κ3) is 5.53. The Morgan fingerprint density at radius 2 is 1.95 bits per heavy atom. The van der Waals surface area contributed by atoms with E-state index in [2.05, 4.69) is 10.3 Å². The number of thiazole rings is 1. The molecule has 0 atom stereocenters. The lowest BCUT2D eigenvalue weighted by Crippen LogP contribution is -2.25. The first kappa shape index (κ1) is 17.7. The molecule has 0 saturated carbocycles. The van der Waals surface area contributed by atoms with Crippen LogP contribution in [0.5, 0.6) is 0 Å². The predicted octanol–water partition coefficient (Wildman–Crippen LogP) is 4.33. The summed E-state index contributed by atoms with van der Waals surface area (Å²) in [6.45, 7) is 7.27. The Morgan fingerprint density at radius 1 is 1.33 bits per heavy atom.